The van der Waals surface area contributed by atoms with Gasteiger partial charge in [0.1, 0.15) is 5.75 Å². The van der Waals surface area contributed by atoms with Crippen LogP contribution >= 0.6 is 11.6 Å². The summed E-state index contributed by atoms with van der Waals surface area (Å²) in [5.41, 5.74) is 1.10. The molecular formula is C15H21ClO. The molecule has 2 rings (SSSR count). The first kappa shape index (κ1) is 12.8. The fraction of sp³-hybridized carbons (Fsp3) is 0.600. The standard InChI is InChI=1S/C15H21ClO/c1-2-12-6-5-8-14(10-12)17-15-9-4-3-7-13(15)11-16/h3-4,7,9,12,14H,2,5-6,8,10-11H2,1H3. The molecule has 0 aliphatic heterocycles. The molecule has 1 saturated carbocycles. The lowest BCUT2D eigenvalue weighted by molar-refractivity contribution is 0.121. The number of halogens is 1. The summed E-state index contributed by atoms with van der Waals surface area (Å²) in [5.74, 6) is 2.35. The molecule has 2 atom stereocenters. The van der Waals surface area contributed by atoms with Gasteiger partial charge in [-0.05, 0) is 31.2 Å². The molecule has 94 valence electrons. The highest BCUT2D eigenvalue weighted by atomic mass is 35.5. The van der Waals surface area contributed by atoms with Gasteiger partial charge in [-0.25, -0.2) is 0 Å². The van der Waals surface area contributed by atoms with Gasteiger partial charge in [-0.15, -0.1) is 11.6 Å². The van der Waals surface area contributed by atoms with Gasteiger partial charge >= 0.3 is 0 Å². The lowest BCUT2D eigenvalue weighted by Gasteiger charge is -2.29. The molecule has 0 bridgehead atoms. The predicted octanol–water partition coefficient (Wildman–Crippen LogP) is 4.77. The smallest absolute Gasteiger partial charge is 0.124 e. The van der Waals surface area contributed by atoms with Gasteiger partial charge in [0.25, 0.3) is 0 Å². The van der Waals surface area contributed by atoms with Crippen molar-refractivity contribution in [2.75, 3.05) is 0 Å². The second-order valence-electron chi connectivity index (χ2n) is 4.92. The van der Waals surface area contributed by atoms with Crippen LogP contribution in [0.4, 0.5) is 0 Å². The van der Waals surface area contributed by atoms with Gasteiger partial charge in [0, 0.05) is 5.56 Å². The fourth-order valence-corrected chi connectivity index (χ4v) is 2.85. The quantitative estimate of drug-likeness (QED) is 0.701. The van der Waals surface area contributed by atoms with E-state index in [2.05, 4.69) is 6.92 Å². The van der Waals surface area contributed by atoms with Crippen molar-refractivity contribution in [1.29, 1.82) is 0 Å². The Balaban J connectivity index is 2.00. The van der Waals surface area contributed by atoms with Crippen LogP contribution in [0.25, 0.3) is 0 Å². The molecule has 1 aromatic carbocycles. The van der Waals surface area contributed by atoms with Gasteiger partial charge in [-0.2, -0.15) is 0 Å². The number of hydrogen-bond donors (Lipinski definition) is 0. The molecule has 0 heterocycles. The van der Waals surface area contributed by atoms with Crippen LogP contribution in [0.3, 0.4) is 0 Å². The summed E-state index contributed by atoms with van der Waals surface area (Å²) in [6, 6.07) is 8.11. The lowest BCUT2D eigenvalue weighted by atomic mass is 9.85. The number of benzene rings is 1. The SMILES string of the molecule is CCC1CCCC(Oc2ccccc2CCl)C1. The highest BCUT2D eigenvalue weighted by Crippen LogP contribution is 2.31. The maximum absolute atomic E-state index is 6.12. The highest BCUT2D eigenvalue weighted by Gasteiger charge is 2.22. The van der Waals surface area contributed by atoms with Crippen LogP contribution in [-0.4, -0.2) is 6.10 Å². The molecule has 2 heteroatoms. The monoisotopic (exact) mass is 252 g/mol. The van der Waals surface area contributed by atoms with Crippen molar-refractivity contribution in [3.63, 3.8) is 0 Å². The molecule has 0 aromatic heterocycles. The Bertz CT molecular complexity index is 351. The van der Waals surface area contributed by atoms with E-state index in [0.29, 0.717) is 12.0 Å². The first-order chi connectivity index (χ1) is 8.33. The van der Waals surface area contributed by atoms with E-state index in [1.165, 1.54) is 32.1 Å². The zero-order valence-corrected chi connectivity index (χ0v) is 11.2. The molecule has 0 spiro atoms. The average molecular weight is 253 g/mol. The van der Waals surface area contributed by atoms with Crippen LogP contribution in [0.5, 0.6) is 5.75 Å². The molecule has 17 heavy (non-hydrogen) atoms. The number of rotatable bonds is 4. The number of alkyl halides is 1. The Kier molecular flexibility index (Phi) is 4.73. The topological polar surface area (TPSA) is 9.23 Å². The molecule has 1 aliphatic carbocycles. The molecule has 1 nitrogen and oxygen atoms in total. The molecule has 1 fully saturated rings. The van der Waals surface area contributed by atoms with Crippen LogP contribution in [-0.2, 0) is 5.88 Å². The van der Waals surface area contributed by atoms with Crippen molar-refractivity contribution in [3.05, 3.63) is 29.8 Å². The average Bonchev–Trinajstić information content (AvgIpc) is 2.39. The summed E-state index contributed by atoms with van der Waals surface area (Å²) >= 11 is 5.93. The van der Waals surface area contributed by atoms with Gasteiger partial charge in [-0.3, -0.25) is 0 Å². The van der Waals surface area contributed by atoms with Gasteiger partial charge in [0.15, 0.2) is 0 Å². The van der Waals surface area contributed by atoms with Crippen molar-refractivity contribution in [1.82, 2.24) is 0 Å². The van der Waals surface area contributed by atoms with Crippen LogP contribution in [0, 0.1) is 5.92 Å². The summed E-state index contributed by atoms with van der Waals surface area (Å²) in [6.07, 6.45) is 6.72. The molecule has 1 aliphatic rings. The maximum atomic E-state index is 6.12. The third-order valence-electron chi connectivity index (χ3n) is 3.72. The molecule has 0 amide bonds. The van der Waals surface area contributed by atoms with Crippen LogP contribution < -0.4 is 4.74 Å². The van der Waals surface area contributed by atoms with E-state index in [4.69, 9.17) is 16.3 Å². The summed E-state index contributed by atoms with van der Waals surface area (Å²) in [4.78, 5) is 0. The molecule has 0 N–H and O–H groups in total. The van der Waals surface area contributed by atoms with E-state index < -0.39 is 0 Å². The summed E-state index contributed by atoms with van der Waals surface area (Å²) in [6.45, 7) is 2.28. The predicted molar refractivity (Wildman–Crippen MR) is 72.7 cm³/mol. The second kappa shape index (κ2) is 6.30. The van der Waals surface area contributed by atoms with Crippen molar-refractivity contribution in [2.24, 2.45) is 5.92 Å². The van der Waals surface area contributed by atoms with Crippen molar-refractivity contribution in [2.45, 2.75) is 51.0 Å². The van der Waals surface area contributed by atoms with Gasteiger partial charge in [0.05, 0.1) is 12.0 Å². The zero-order valence-electron chi connectivity index (χ0n) is 10.5. The van der Waals surface area contributed by atoms with E-state index in [9.17, 15) is 0 Å². The second-order valence-corrected chi connectivity index (χ2v) is 5.19. The number of para-hydroxylation sites is 1. The van der Waals surface area contributed by atoms with E-state index in [-0.39, 0.29) is 0 Å². The summed E-state index contributed by atoms with van der Waals surface area (Å²) in [7, 11) is 0. The van der Waals surface area contributed by atoms with Crippen molar-refractivity contribution >= 4 is 11.6 Å². The Morgan fingerprint density at radius 2 is 2.12 bits per heavy atom. The van der Waals surface area contributed by atoms with E-state index in [1.807, 2.05) is 24.3 Å². The molecule has 0 radical (unpaired) electrons. The number of hydrogen-bond acceptors (Lipinski definition) is 1. The first-order valence-electron chi connectivity index (χ1n) is 6.64. The fourth-order valence-electron chi connectivity index (χ4n) is 2.63. The van der Waals surface area contributed by atoms with E-state index >= 15 is 0 Å². The zero-order chi connectivity index (χ0) is 12.1. The van der Waals surface area contributed by atoms with Gasteiger partial charge < -0.3 is 4.74 Å². The minimum atomic E-state index is 0.387. The summed E-state index contributed by atoms with van der Waals surface area (Å²) < 4.78 is 6.12. The van der Waals surface area contributed by atoms with E-state index in [1.54, 1.807) is 0 Å². The Labute approximate surface area is 109 Å². The third-order valence-corrected chi connectivity index (χ3v) is 4.01. The Morgan fingerprint density at radius 1 is 1.29 bits per heavy atom. The highest BCUT2D eigenvalue weighted by molar-refractivity contribution is 6.17. The Hall–Kier alpha value is -0.690. The normalized spacial score (nSPS) is 24.6. The minimum Gasteiger partial charge on any atom is -0.490 e. The maximum Gasteiger partial charge on any atom is 0.124 e. The van der Waals surface area contributed by atoms with E-state index in [0.717, 1.165) is 17.2 Å². The minimum absolute atomic E-state index is 0.387. The lowest BCUT2D eigenvalue weighted by Crippen LogP contribution is -2.25. The van der Waals surface area contributed by atoms with Crippen LogP contribution in [0.1, 0.15) is 44.6 Å². The van der Waals surface area contributed by atoms with Gasteiger partial charge in [0.2, 0.25) is 0 Å². The molecule has 2 unspecified atom stereocenters. The number of ether oxygens (including phenoxy) is 1. The van der Waals surface area contributed by atoms with Crippen molar-refractivity contribution in [3.8, 4) is 5.75 Å². The van der Waals surface area contributed by atoms with Crippen molar-refractivity contribution < 1.29 is 4.74 Å². The van der Waals surface area contributed by atoms with Gasteiger partial charge in [-0.1, -0.05) is 38.0 Å². The molecule has 1 aromatic rings. The largest absolute Gasteiger partial charge is 0.490 e. The third kappa shape index (κ3) is 3.38. The summed E-state index contributed by atoms with van der Waals surface area (Å²) in [5, 5.41) is 0. The van der Waals surface area contributed by atoms with Crippen LogP contribution in [0.15, 0.2) is 24.3 Å². The molecule has 0 saturated heterocycles. The Morgan fingerprint density at radius 3 is 2.88 bits per heavy atom. The molecular weight excluding hydrogens is 232 g/mol. The van der Waals surface area contributed by atoms with Crippen LogP contribution in [0.2, 0.25) is 0 Å². The first-order valence-corrected chi connectivity index (χ1v) is 7.17.